The van der Waals surface area contributed by atoms with E-state index in [1.165, 1.54) is 12.8 Å². The van der Waals surface area contributed by atoms with Crippen LogP contribution in [0.3, 0.4) is 0 Å². The molecule has 5 nitrogen and oxygen atoms in total. The smallest absolute Gasteiger partial charge is 0.168 e. The highest BCUT2D eigenvalue weighted by molar-refractivity contribution is 6.00. The lowest BCUT2D eigenvalue weighted by Crippen LogP contribution is -2.38. The van der Waals surface area contributed by atoms with Crippen LogP contribution >= 0.6 is 0 Å². The summed E-state index contributed by atoms with van der Waals surface area (Å²) in [6.07, 6.45) is 7.45. The average Bonchev–Trinajstić information content (AvgIpc) is 3.23. The number of fused-ring (bicyclic) bond motifs is 1. The molecule has 0 spiro atoms. The summed E-state index contributed by atoms with van der Waals surface area (Å²) >= 11 is 0. The second-order valence-corrected chi connectivity index (χ2v) is 7.36. The SMILES string of the molecule is CC1(C)CC(c2ccccn2)Nc2c(C(=O)CC3CC3)cnn21. The van der Waals surface area contributed by atoms with Crippen molar-refractivity contribution in [2.24, 2.45) is 5.92 Å². The highest BCUT2D eigenvalue weighted by Gasteiger charge is 2.37. The van der Waals surface area contributed by atoms with Gasteiger partial charge in [-0.25, -0.2) is 4.68 Å². The molecule has 0 amide bonds. The first-order valence-corrected chi connectivity index (χ1v) is 8.34. The van der Waals surface area contributed by atoms with Crippen LogP contribution in [0.1, 0.15) is 61.6 Å². The fraction of sp³-hybridized carbons (Fsp3) is 0.500. The van der Waals surface area contributed by atoms with Crippen LogP contribution in [0.25, 0.3) is 0 Å². The van der Waals surface area contributed by atoms with Crippen molar-refractivity contribution in [2.45, 2.75) is 51.1 Å². The number of aromatic nitrogens is 3. The van der Waals surface area contributed by atoms with E-state index in [0.717, 1.165) is 23.5 Å². The van der Waals surface area contributed by atoms with Gasteiger partial charge in [0.05, 0.1) is 29.0 Å². The lowest BCUT2D eigenvalue weighted by Gasteiger charge is -2.37. The zero-order valence-electron chi connectivity index (χ0n) is 13.6. The van der Waals surface area contributed by atoms with Crippen molar-refractivity contribution in [3.8, 4) is 0 Å². The number of pyridine rings is 1. The molecule has 1 fully saturated rings. The number of nitrogens with zero attached hydrogens (tertiary/aromatic N) is 3. The van der Waals surface area contributed by atoms with Gasteiger partial charge in [0, 0.05) is 12.6 Å². The van der Waals surface area contributed by atoms with Crippen LogP contribution in [0.15, 0.2) is 30.6 Å². The van der Waals surface area contributed by atoms with Crippen molar-refractivity contribution in [3.05, 3.63) is 41.9 Å². The Morgan fingerprint density at radius 2 is 2.22 bits per heavy atom. The predicted octanol–water partition coefficient (Wildman–Crippen LogP) is 3.55. The molecule has 4 rings (SSSR count). The maximum atomic E-state index is 12.6. The number of hydrogen-bond acceptors (Lipinski definition) is 4. The minimum atomic E-state index is -0.152. The fourth-order valence-corrected chi connectivity index (χ4v) is 3.41. The van der Waals surface area contributed by atoms with Gasteiger partial charge < -0.3 is 5.32 Å². The van der Waals surface area contributed by atoms with E-state index in [4.69, 9.17) is 0 Å². The van der Waals surface area contributed by atoms with Gasteiger partial charge >= 0.3 is 0 Å². The largest absolute Gasteiger partial charge is 0.361 e. The molecular weight excluding hydrogens is 288 g/mol. The standard InChI is InChI=1S/C18H22N4O/c1-18(2)10-15(14-5-3-4-8-19-14)21-17-13(11-20-22(17)18)16(23)9-12-6-7-12/h3-5,8,11-12,15,21H,6-7,9-10H2,1-2H3. The first-order chi connectivity index (χ1) is 11.0. The third kappa shape index (κ3) is 2.64. The van der Waals surface area contributed by atoms with Gasteiger partial charge in [0.2, 0.25) is 0 Å². The summed E-state index contributed by atoms with van der Waals surface area (Å²) in [5.74, 6) is 1.64. The number of carbonyl (C=O) groups is 1. The van der Waals surface area contributed by atoms with Gasteiger partial charge in [-0.1, -0.05) is 6.07 Å². The topological polar surface area (TPSA) is 59.8 Å². The van der Waals surface area contributed by atoms with E-state index >= 15 is 0 Å². The Bertz CT molecular complexity index is 731. The number of ketones is 1. The lowest BCUT2D eigenvalue weighted by atomic mass is 9.90. The molecule has 1 saturated carbocycles. The molecule has 1 aliphatic heterocycles. The third-order valence-electron chi connectivity index (χ3n) is 4.87. The van der Waals surface area contributed by atoms with Crippen LogP contribution in [0.2, 0.25) is 0 Å². The molecule has 0 radical (unpaired) electrons. The van der Waals surface area contributed by atoms with Crippen molar-refractivity contribution in [3.63, 3.8) is 0 Å². The molecule has 0 aromatic carbocycles. The Labute approximate surface area is 136 Å². The number of anilines is 1. The third-order valence-corrected chi connectivity index (χ3v) is 4.87. The Morgan fingerprint density at radius 3 is 2.91 bits per heavy atom. The normalized spacial score (nSPS) is 22.3. The molecule has 2 aromatic rings. The summed E-state index contributed by atoms with van der Waals surface area (Å²) < 4.78 is 1.96. The number of rotatable bonds is 4. The molecule has 1 unspecified atom stereocenters. The monoisotopic (exact) mass is 310 g/mol. The molecule has 0 bridgehead atoms. The zero-order chi connectivity index (χ0) is 16.0. The van der Waals surface area contributed by atoms with Crippen LogP contribution in [0, 0.1) is 5.92 Å². The first kappa shape index (κ1) is 14.4. The fourth-order valence-electron chi connectivity index (χ4n) is 3.41. The molecule has 3 heterocycles. The molecular formula is C18H22N4O. The molecule has 0 saturated heterocycles. The van der Waals surface area contributed by atoms with Crippen LogP contribution in [0.5, 0.6) is 0 Å². The van der Waals surface area contributed by atoms with Crippen LogP contribution in [-0.2, 0) is 5.54 Å². The zero-order valence-corrected chi connectivity index (χ0v) is 13.6. The molecule has 2 aromatic heterocycles. The summed E-state index contributed by atoms with van der Waals surface area (Å²) in [5, 5.41) is 8.01. The highest BCUT2D eigenvalue weighted by atomic mass is 16.1. The average molecular weight is 310 g/mol. The summed E-state index contributed by atoms with van der Waals surface area (Å²) in [5.41, 5.74) is 1.58. The predicted molar refractivity (Wildman–Crippen MR) is 88.4 cm³/mol. The Morgan fingerprint density at radius 1 is 1.39 bits per heavy atom. The number of Topliss-reactive ketones (excluding diaryl/α,β-unsaturated/α-hetero) is 1. The Kier molecular flexibility index (Phi) is 3.25. The maximum Gasteiger partial charge on any atom is 0.168 e. The van der Waals surface area contributed by atoms with E-state index in [1.807, 2.05) is 29.1 Å². The number of carbonyl (C=O) groups excluding carboxylic acids is 1. The second kappa shape index (κ2) is 5.18. The summed E-state index contributed by atoms with van der Waals surface area (Å²) in [6.45, 7) is 4.32. The van der Waals surface area contributed by atoms with Gasteiger partial charge in [-0.2, -0.15) is 5.10 Å². The maximum absolute atomic E-state index is 12.6. The minimum absolute atomic E-state index is 0.0999. The van der Waals surface area contributed by atoms with Gasteiger partial charge in [-0.15, -0.1) is 0 Å². The van der Waals surface area contributed by atoms with Gasteiger partial charge in [0.15, 0.2) is 5.78 Å². The van der Waals surface area contributed by atoms with Crippen molar-refractivity contribution in [1.82, 2.24) is 14.8 Å². The van der Waals surface area contributed by atoms with Gasteiger partial charge in [0.25, 0.3) is 0 Å². The minimum Gasteiger partial charge on any atom is -0.361 e. The van der Waals surface area contributed by atoms with Gasteiger partial charge in [-0.3, -0.25) is 9.78 Å². The van der Waals surface area contributed by atoms with E-state index in [-0.39, 0.29) is 17.4 Å². The van der Waals surface area contributed by atoms with Crippen LogP contribution in [0.4, 0.5) is 5.82 Å². The molecule has 120 valence electrons. The molecule has 23 heavy (non-hydrogen) atoms. The van der Waals surface area contributed by atoms with Crippen molar-refractivity contribution in [1.29, 1.82) is 0 Å². The van der Waals surface area contributed by atoms with Crippen molar-refractivity contribution >= 4 is 11.6 Å². The number of hydrogen-bond donors (Lipinski definition) is 1. The van der Waals surface area contributed by atoms with Crippen molar-refractivity contribution in [2.75, 3.05) is 5.32 Å². The number of nitrogens with one attached hydrogen (secondary N) is 1. The van der Waals surface area contributed by atoms with Crippen molar-refractivity contribution < 1.29 is 4.79 Å². The lowest BCUT2D eigenvalue weighted by molar-refractivity contribution is 0.0976. The quantitative estimate of drug-likeness (QED) is 0.877. The van der Waals surface area contributed by atoms with Gasteiger partial charge in [0.1, 0.15) is 5.82 Å². The second-order valence-electron chi connectivity index (χ2n) is 7.36. The molecule has 1 N–H and O–H groups in total. The van der Waals surface area contributed by atoms with E-state index in [2.05, 4.69) is 29.2 Å². The van der Waals surface area contributed by atoms with Gasteiger partial charge in [-0.05, 0) is 51.2 Å². The Hall–Kier alpha value is -2.17. The van der Waals surface area contributed by atoms with E-state index in [1.54, 1.807) is 6.20 Å². The summed E-state index contributed by atoms with van der Waals surface area (Å²) in [6, 6.07) is 6.06. The van der Waals surface area contributed by atoms with E-state index in [0.29, 0.717) is 12.3 Å². The highest BCUT2D eigenvalue weighted by Crippen LogP contribution is 2.41. The Balaban J connectivity index is 1.68. The van der Waals surface area contributed by atoms with E-state index in [9.17, 15) is 4.79 Å². The molecule has 5 heteroatoms. The molecule has 2 aliphatic rings. The molecule has 1 aliphatic carbocycles. The summed E-state index contributed by atoms with van der Waals surface area (Å²) in [4.78, 5) is 17.1. The van der Waals surface area contributed by atoms with E-state index < -0.39 is 0 Å². The van der Waals surface area contributed by atoms with Crippen LogP contribution < -0.4 is 5.32 Å². The molecule has 1 atom stereocenters. The first-order valence-electron chi connectivity index (χ1n) is 8.34. The van der Waals surface area contributed by atoms with Crippen LogP contribution in [-0.4, -0.2) is 20.5 Å². The summed E-state index contributed by atoms with van der Waals surface area (Å²) in [7, 11) is 0.